The Morgan fingerprint density at radius 1 is 1.29 bits per heavy atom. The van der Waals surface area contributed by atoms with E-state index in [1.807, 2.05) is 34.6 Å². The van der Waals surface area contributed by atoms with Crippen LogP contribution in [0.1, 0.15) is 33.3 Å². The van der Waals surface area contributed by atoms with Crippen molar-refractivity contribution in [3.05, 3.63) is 29.6 Å². The Kier molecular flexibility index (Phi) is 4.15. The molecule has 17 heavy (non-hydrogen) atoms. The third kappa shape index (κ3) is 3.70. The molecule has 2 N–H and O–H groups in total. The van der Waals surface area contributed by atoms with Crippen LogP contribution >= 0.6 is 0 Å². The average Bonchev–Trinajstić information content (AvgIpc) is 2.17. The second-order valence-corrected chi connectivity index (χ2v) is 5.70. The van der Waals surface area contributed by atoms with Crippen LogP contribution in [0.25, 0.3) is 0 Å². The first-order chi connectivity index (χ1) is 7.71. The van der Waals surface area contributed by atoms with E-state index in [1.54, 1.807) is 12.1 Å². The van der Waals surface area contributed by atoms with Gasteiger partial charge < -0.3 is 10.5 Å². The minimum absolute atomic E-state index is 0.135. The van der Waals surface area contributed by atoms with Gasteiger partial charge in [0.25, 0.3) is 0 Å². The molecule has 2 atom stereocenters. The predicted molar refractivity (Wildman–Crippen MR) is 68.7 cm³/mol. The molecule has 2 unspecified atom stereocenters. The van der Waals surface area contributed by atoms with E-state index in [0.717, 1.165) is 5.56 Å². The monoisotopic (exact) mass is 239 g/mol. The molecule has 0 heterocycles. The quantitative estimate of drug-likeness (QED) is 0.878. The Morgan fingerprint density at radius 3 is 2.35 bits per heavy atom. The number of benzene rings is 1. The number of ether oxygens (including phenoxy) is 1. The van der Waals surface area contributed by atoms with Gasteiger partial charge in [-0.05, 0) is 31.5 Å². The van der Waals surface area contributed by atoms with Gasteiger partial charge >= 0.3 is 0 Å². The van der Waals surface area contributed by atoms with Gasteiger partial charge in [-0.2, -0.15) is 0 Å². The molecule has 0 bridgehead atoms. The maximum atomic E-state index is 13.6. The summed E-state index contributed by atoms with van der Waals surface area (Å²) in [5, 5.41) is 0. The van der Waals surface area contributed by atoms with E-state index < -0.39 is 0 Å². The van der Waals surface area contributed by atoms with E-state index in [9.17, 15) is 4.39 Å². The van der Waals surface area contributed by atoms with Crippen LogP contribution in [0, 0.1) is 18.2 Å². The summed E-state index contributed by atoms with van der Waals surface area (Å²) in [7, 11) is 0. The minimum Gasteiger partial charge on any atom is -0.485 e. The van der Waals surface area contributed by atoms with Crippen molar-refractivity contribution in [2.75, 3.05) is 0 Å². The van der Waals surface area contributed by atoms with Crippen LogP contribution in [0.4, 0.5) is 4.39 Å². The molecule has 1 rings (SSSR count). The summed E-state index contributed by atoms with van der Waals surface area (Å²) in [6, 6.07) is 4.69. The Hall–Kier alpha value is -1.09. The van der Waals surface area contributed by atoms with Crippen LogP contribution in [-0.2, 0) is 0 Å². The van der Waals surface area contributed by atoms with Crippen molar-refractivity contribution in [1.29, 1.82) is 0 Å². The molecule has 0 saturated heterocycles. The smallest absolute Gasteiger partial charge is 0.165 e. The van der Waals surface area contributed by atoms with Gasteiger partial charge in [-0.25, -0.2) is 4.39 Å². The molecule has 0 saturated carbocycles. The lowest BCUT2D eigenvalue weighted by atomic mass is 9.85. The van der Waals surface area contributed by atoms with E-state index in [-0.39, 0.29) is 29.1 Å². The number of hydrogen-bond acceptors (Lipinski definition) is 2. The van der Waals surface area contributed by atoms with Gasteiger partial charge in [0.1, 0.15) is 6.10 Å². The van der Waals surface area contributed by atoms with Gasteiger partial charge in [-0.15, -0.1) is 0 Å². The summed E-state index contributed by atoms with van der Waals surface area (Å²) in [4.78, 5) is 0. The van der Waals surface area contributed by atoms with Crippen molar-refractivity contribution in [2.24, 2.45) is 11.1 Å². The summed E-state index contributed by atoms with van der Waals surface area (Å²) < 4.78 is 19.4. The fourth-order valence-electron chi connectivity index (χ4n) is 1.91. The molecule has 96 valence electrons. The third-order valence-electron chi connectivity index (χ3n) is 2.67. The Balaban J connectivity index is 2.98. The maximum Gasteiger partial charge on any atom is 0.165 e. The number of rotatable bonds is 3. The topological polar surface area (TPSA) is 35.2 Å². The summed E-state index contributed by atoms with van der Waals surface area (Å²) >= 11 is 0. The molecule has 0 aliphatic heterocycles. The highest BCUT2D eigenvalue weighted by molar-refractivity contribution is 5.29. The highest BCUT2D eigenvalue weighted by atomic mass is 19.1. The first-order valence-electron chi connectivity index (χ1n) is 5.90. The third-order valence-corrected chi connectivity index (χ3v) is 2.67. The summed E-state index contributed by atoms with van der Waals surface area (Å²) in [6.45, 7) is 9.89. The zero-order valence-corrected chi connectivity index (χ0v) is 11.3. The number of nitrogens with two attached hydrogens (primary N) is 1. The highest BCUT2D eigenvalue weighted by Gasteiger charge is 2.30. The Labute approximate surface area is 103 Å². The van der Waals surface area contributed by atoms with Crippen LogP contribution in [0.3, 0.4) is 0 Å². The molecular weight excluding hydrogens is 217 g/mol. The van der Waals surface area contributed by atoms with E-state index in [2.05, 4.69) is 0 Å². The van der Waals surface area contributed by atoms with Gasteiger partial charge in [-0.1, -0.05) is 26.8 Å². The molecule has 1 aromatic rings. The second kappa shape index (κ2) is 5.05. The van der Waals surface area contributed by atoms with Crippen molar-refractivity contribution < 1.29 is 9.13 Å². The fourth-order valence-corrected chi connectivity index (χ4v) is 1.91. The SMILES string of the molecule is Cc1ccc(F)c(OC(C(C)N)C(C)(C)C)c1. The van der Waals surface area contributed by atoms with Crippen LogP contribution in [0.15, 0.2) is 18.2 Å². The second-order valence-electron chi connectivity index (χ2n) is 5.70. The zero-order valence-electron chi connectivity index (χ0n) is 11.3. The van der Waals surface area contributed by atoms with Crippen molar-refractivity contribution in [3.63, 3.8) is 0 Å². The van der Waals surface area contributed by atoms with Gasteiger partial charge in [0.2, 0.25) is 0 Å². The van der Waals surface area contributed by atoms with Crippen molar-refractivity contribution in [1.82, 2.24) is 0 Å². The molecule has 0 radical (unpaired) electrons. The summed E-state index contributed by atoms with van der Waals surface area (Å²) in [5.74, 6) is -0.0623. The molecule has 1 aromatic carbocycles. The zero-order chi connectivity index (χ0) is 13.2. The normalized spacial score (nSPS) is 15.5. The van der Waals surface area contributed by atoms with E-state index in [4.69, 9.17) is 10.5 Å². The van der Waals surface area contributed by atoms with Gasteiger partial charge in [0.05, 0.1) is 0 Å². The molecule has 0 fully saturated rings. The molecule has 0 aromatic heterocycles. The lowest BCUT2D eigenvalue weighted by Crippen LogP contribution is -2.45. The van der Waals surface area contributed by atoms with Crippen LogP contribution < -0.4 is 10.5 Å². The lowest BCUT2D eigenvalue weighted by Gasteiger charge is -2.34. The highest BCUT2D eigenvalue weighted by Crippen LogP contribution is 2.28. The van der Waals surface area contributed by atoms with Crippen LogP contribution in [0.2, 0.25) is 0 Å². The number of aryl methyl sites for hydroxylation is 1. The maximum absolute atomic E-state index is 13.6. The van der Waals surface area contributed by atoms with Crippen LogP contribution in [0.5, 0.6) is 5.75 Å². The number of halogens is 1. The minimum atomic E-state index is -0.342. The molecule has 0 amide bonds. The molecule has 0 spiro atoms. The van der Waals surface area contributed by atoms with Crippen molar-refractivity contribution in [2.45, 2.75) is 46.8 Å². The Morgan fingerprint density at radius 2 is 1.88 bits per heavy atom. The largest absolute Gasteiger partial charge is 0.485 e. The summed E-state index contributed by atoms with van der Waals surface area (Å²) in [6.07, 6.45) is -0.223. The van der Waals surface area contributed by atoms with Crippen molar-refractivity contribution in [3.8, 4) is 5.75 Å². The van der Waals surface area contributed by atoms with E-state index >= 15 is 0 Å². The van der Waals surface area contributed by atoms with E-state index in [1.165, 1.54) is 6.07 Å². The van der Waals surface area contributed by atoms with Crippen LogP contribution in [-0.4, -0.2) is 12.1 Å². The van der Waals surface area contributed by atoms with Crippen molar-refractivity contribution >= 4 is 0 Å². The molecule has 2 nitrogen and oxygen atoms in total. The van der Waals surface area contributed by atoms with Gasteiger partial charge in [0, 0.05) is 11.5 Å². The first kappa shape index (κ1) is 14.0. The first-order valence-corrected chi connectivity index (χ1v) is 5.90. The lowest BCUT2D eigenvalue weighted by molar-refractivity contribution is 0.0646. The van der Waals surface area contributed by atoms with Gasteiger partial charge in [0.15, 0.2) is 11.6 Å². The summed E-state index contributed by atoms with van der Waals surface area (Å²) in [5.41, 5.74) is 6.75. The average molecular weight is 239 g/mol. The fraction of sp³-hybridized carbons (Fsp3) is 0.571. The molecular formula is C14H22FNO. The standard InChI is InChI=1S/C14H22FNO/c1-9-6-7-11(15)12(8-9)17-13(10(2)16)14(3,4)5/h6-8,10,13H,16H2,1-5H3. The molecule has 3 heteroatoms. The molecule has 0 aliphatic rings. The Bertz CT molecular complexity index is 382. The molecule has 0 aliphatic carbocycles. The van der Waals surface area contributed by atoms with Gasteiger partial charge in [-0.3, -0.25) is 0 Å². The number of hydrogen-bond donors (Lipinski definition) is 1. The van der Waals surface area contributed by atoms with E-state index in [0.29, 0.717) is 0 Å². The predicted octanol–water partition coefficient (Wildman–Crippen LogP) is 3.27.